The number of esters is 1. The highest BCUT2D eigenvalue weighted by Crippen LogP contribution is 2.13. The number of carbonyl (C=O) groups is 2. The predicted octanol–water partition coefficient (Wildman–Crippen LogP) is 3.49. The molecule has 0 bridgehead atoms. The topological polar surface area (TPSA) is 98.5 Å². The molecule has 0 spiro atoms. The Morgan fingerprint density at radius 2 is 1.73 bits per heavy atom. The quantitative estimate of drug-likeness (QED) is 0.370. The van der Waals surface area contributed by atoms with Crippen LogP contribution in [-0.2, 0) is 14.3 Å². The van der Waals surface area contributed by atoms with Gasteiger partial charge in [0, 0.05) is 23.9 Å². The molecule has 1 N–H and O–H groups in total. The summed E-state index contributed by atoms with van der Waals surface area (Å²) in [5, 5.41) is 13.2. The van der Waals surface area contributed by atoms with E-state index in [0.717, 1.165) is 11.6 Å². The molecular formula is C19H18N2O5. The molecule has 7 heteroatoms. The van der Waals surface area contributed by atoms with Crippen molar-refractivity contribution in [3.8, 4) is 0 Å². The van der Waals surface area contributed by atoms with E-state index in [9.17, 15) is 19.7 Å². The summed E-state index contributed by atoms with van der Waals surface area (Å²) in [6.07, 6.45) is 1.65. The minimum absolute atomic E-state index is 0.0360. The molecule has 0 aliphatic rings. The Balaban J connectivity index is 1.88. The van der Waals surface area contributed by atoms with Crippen molar-refractivity contribution in [3.05, 3.63) is 75.8 Å². The molecule has 0 fully saturated rings. The summed E-state index contributed by atoms with van der Waals surface area (Å²) >= 11 is 0. The van der Waals surface area contributed by atoms with Crippen molar-refractivity contribution in [2.75, 3.05) is 5.32 Å². The molecule has 0 radical (unpaired) electrons. The smallest absolute Gasteiger partial charge is 0.331 e. The summed E-state index contributed by atoms with van der Waals surface area (Å²) in [6.45, 7) is 3.41. The summed E-state index contributed by atoms with van der Waals surface area (Å²) < 4.78 is 5.05. The number of carbonyl (C=O) groups excluding carboxylic acids is 2. The number of amides is 1. The first kappa shape index (κ1) is 18.9. The number of rotatable bonds is 6. The summed E-state index contributed by atoms with van der Waals surface area (Å²) in [4.78, 5) is 33.9. The Kier molecular flexibility index (Phi) is 6.21. The molecule has 1 atom stereocenters. The lowest BCUT2D eigenvalue weighted by Gasteiger charge is -2.12. The molecule has 2 aromatic rings. The van der Waals surface area contributed by atoms with E-state index in [-0.39, 0.29) is 5.69 Å². The van der Waals surface area contributed by atoms with Gasteiger partial charge in [-0.05, 0) is 49.8 Å². The van der Waals surface area contributed by atoms with E-state index >= 15 is 0 Å². The van der Waals surface area contributed by atoms with Crippen LogP contribution >= 0.6 is 0 Å². The third kappa shape index (κ3) is 5.55. The highest BCUT2D eigenvalue weighted by atomic mass is 16.6. The van der Waals surface area contributed by atoms with Gasteiger partial charge in [-0.3, -0.25) is 14.9 Å². The summed E-state index contributed by atoms with van der Waals surface area (Å²) in [5.74, 6) is -1.12. The van der Waals surface area contributed by atoms with Crippen molar-refractivity contribution in [2.45, 2.75) is 20.0 Å². The molecule has 7 nitrogen and oxygen atoms in total. The zero-order valence-corrected chi connectivity index (χ0v) is 14.3. The second kappa shape index (κ2) is 8.57. The van der Waals surface area contributed by atoms with Crippen LogP contribution in [0.15, 0.2) is 54.6 Å². The van der Waals surface area contributed by atoms with E-state index < -0.39 is 22.9 Å². The monoisotopic (exact) mass is 354 g/mol. The highest BCUT2D eigenvalue weighted by Gasteiger charge is 2.16. The fraction of sp³-hybridized carbons (Fsp3) is 0.158. The first-order valence-corrected chi connectivity index (χ1v) is 7.86. The van der Waals surface area contributed by atoms with Gasteiger partial charge in [0.05, 0.1) is 4.92 Å². The van der Waals surface area contributed by atoms with Gasteiger partial charge in [-0.15, -0.1) is 0 Å². The maximum atomic E-state index is 12.0. The van der Waals surface area contributed by atoms with Gasteiger partial charge in [0.2, 0.25) is 0 Å². The van der Waals surface area contributed by atoms with Crippen LogP contribution in [0.2, 0.25) is 0 Å². The number of ether oxygens (including phenoxy) is 1. The minimum Gasteiger partial charge on any atom is -0.449 e. The normalized spacial score (nSPS) is 11.8. The van der Waals surface area contributed by atoms with Crippen LogP contribution in [0, 0.1) is 17.0 Å². The number of anilines is 1. The molecule has 0 unspecified atom stereocenters. The highest BCUT2D eigenvalue weighted by molar-refractivity contribution is 5.96. The van der Waals surface area contributed by atoms with Crippen LogP contribution in [0.25, 0.3) is 6.08 Å². The van der Waals surface area contributed by atoms with E-state index in [1.807, 2.05) is 19.1 Å². The first-order valence-electron chi connectivity index (χ1n) is 7.86. The molecule has 0 saturated carbocycles. The lowest BCUT2D eigenvalue weighted by Crippen LogP contribution is -2.29. The third-order valence-electron chi connectivity index (χ3n) is 3.50. The molecule has 1 amide bonds. The van der Waals surface area contributed by atoms with Crippen LogP contribution in [0.5, 0.6) is 0 Å². The molecule has 2 aromatic carbocycles. The number of non-ortho nitro benzene ring substituents is 1. The average molecular weight is 354 g/mol. The summed E-state index contributed by atoms with van der Waals surface area (Å²) in [7, 11) is 0. The Labute approximate surface area is 150 Å². The van der Waals surface area contributed by atoms with Gasteiger partial charge < -0.3 is 10.1 Å². The maximum absolute atomic E-state index is 12.0. The van der Waals surface area contributed by atoms with Gasteiger partial charge in [0.1, 0.15) is 0 Å². The van der Waals surface area contributed by atoms with Gasteiger partial charge in [-0.1, -0.05) is 17.7 Å². The van der Waals surface area contributed by atoms with Crippen LogP contribution in [0.4, 0.5) is 11.4 Å². The number of hydrogen-bond donors (Lipinski definition) is 1. The molecule has 0 heterocycles. The Bertz CT molecular complexity index is 826. The van der Waals surface area contributed by atoms with Crippen molar-refractivity contribution in [3.63, 3.8) is 0 Å². The van der Waals surface area contributed by atoms with Crippen molar-refractivity contribution in [1.82, 2.24) is 0 Å². The third-order valence-corrected chi connectivity index (χ3v) is 3.50. The second-order valence-electron chi connectivity index (χ2n) is 5.62. The number of nitro groups is 1. The average Bonchev–Trinajstić information content (AvgIpc) is 2.62. The molecule has 0 aliphatic heterocycles. The van der Waals surface area contributed by atoms with E-state index in [1.54, 1.807) is 12.1 Å². The standard InChI is InChI=1S/C19H18N2O5/c1-13-3-8-16(9-4-13)20-19(23)14(2)26-18(22)12-7-15-5-10-17(11-6-15)21(24)25/h3-12,14H,1-2H3,(H,20,23)/b12-7+/t14-/m0/s1. The molecule has 0 aromatic heterocycles. The lowest BCUT2D eigenvalue weighted by molar-refractivity contribution is -0.384. The molecule has 26 heavy (non-hydrogen) atoms. The van der Waals surface area contributed by atoms with E-state index in [1.165, 1.54) is 37.3 Å². The fourth-order valence-electron chi connectivity index (χ4n) is 2.02. The zero-order valence-electron chi connectivity index (χ0n) is 14.3. The SMILES string of the molecule is Cc1ccc(NC(=O)[C@H](C)OC(=O)/C=C/c2ccc([N+](=O)[O-])cc2)cc1. The van der Waals surface area contributed by atoms with E-state index in [4.69, 9.17) is 4.74 Å². The van der Waals surface area contributed by atoms with Gasteiger partial charge in [-0.25, -0.2) is 4.79 Å². The van der Waals surface area contributed by atoms with Gasteiger partial charge in [0.15, 0.2) is 6.10 Å². The Morgan fingerprint density at radius 1 is 1.12 bits per heavy atom. The van der Waals surface area contributed by atoms with Gasteiger partial charge in [0.25, 0.3) is 11.6 Å². The second-order valence-corrected chi connectivity index (χ2v) is 5.62. The summed E-state index contributed by atoms with van der Waals surface area (Å²) in [6, 6.07) is 12.9. The molecule has 2 rings (SSSR count). The minimum atomic E-state index is -0.967. The van der Waals surface area contributed by atoms with Crippen LogP contribution < -0.4 is 5.32 Å². The van der Waals surface area contributed by atoms with Gasteiger partial charge >= 0.3 is 5.97 Å². The lowest BCUT2D eigenvalue weighted by atomic mass is 10.2. The number of nitrogens with one attached hydrogen (secondary N) is 1. The number of nitro benzene ring substituents is 1. The Hall–Kier alpha value is -3.48. The number of benzene rings is 2. The van der Waals surface area contributed by atoms with Gasteiger partial charge in [-0.2, -0.15) is 0 Å². The number of aryl methyl sites for hydroxylation is 1. The number of nitrogens with zero attached hydrogens (tertiary/aromatic N) is 1. The molecular weight excluding hydrogens is 336 g/mol. The van der Waals surface area contributed by atoms with Crippen LogP contribution in [0.3, 0.4) is 0 Å². The zero-order chi connectivity index (χ0) is 19.1. The van der Waals surface area contributed by atoms with E-state index in [0.29, 0.717) is 11.3 Å². The molecule has 0 saturated heterocycles. The van der Waals surface area contributed by atoms with Crippen LogP contribution in [-0.4, -0.2) is 22.9 Å². The predicted molar refractivity (Wildman–Crippen MR) is 97.5 cm³/mol. The van der Waals surface area contributed by atoms with Crippen molar-refractivity contribution in [2.24, 2.45) is 0 Å². The molecule has 0 aliphatic carbocycles. The number of hydrogen-bond acceptors (Lipinski definition) is 5. The molecule has 134 valence electrons. The summed E-state index contributed by atoms with van der Waals surface area (Å²) in [5.41, 5.74) is 2.25. The Morgan fingerprint density at radius 3 is 2.31 bits per heavy atom. The van der Waals surface area contributed by atoms with Crippen LogP contribution in [0.1, 0.15) is 18.1 Å². The van der Waals surface area contributed by atoms with Crippen molar-refractivity contribution >= 4 is 29.3 Å². The van der Waals surface area contributed by atoms with Crippen molar-refractivity contribution < 1.29 is 19.2 Å². The maximum Gasteiger partial charge on any atom is 0.331 e. The largest absolute Gasteiger partial charge is 0.449 e. The first-order chi connectivity index (χ1) is 12.3. The fourth-order valence-corrected chi connectivity index (χ4v) is 2.02. The van der Waals surface area contributed by atoms with Crippen molar-refractivity contribution in [1.29, 1.82) is 0 Å². The van der Waals surface area contributed by atoms with E-state index in [2.05, 4.69) is 5.32 Å².